The number of fused-ring (bicyclic) bond motifs is 7. The monoisotopic (exact) mass is 844 g/mol. The highest BCUT2D eigenvalue weighted by Crippen LogP contribution is 2.50. The Balaban J connectivity index is 1.32. The summed E-state index contributed by atoms with van der Waals surface area (Å²) in [5.74, 6) is 0.918. The molecule has 10 rings (SSSR count). The van der Waals surface area contributed by atoms with E-state index in [4.69, 9.17) is 4.42 Å². The molecule has 0 amide bonds. The van der Waals surface area contributed by atoms with E-state index in [-0.39, 0.29) is 28.4 Å². The quantitative estimate of drug-likeness (QED) is 0.165. The van der Waals surface area contributed by atoms with Crippen molar-refractivity contribution in [2.45, 2.75) is 119 Å². The normalized spacial score (nSPS) is 14.1. The molecule has 6 aromatic carbocycles. The number of benzene rings is 6. The second-order valence-corrected chi connectivity index (χ2v) is 23.6. The van der Waals surface area contributed by atoms with Gasteiger partial charge in [-0.3, -0.25) is 4.90 Å². The highest BCUT2D eigenvalue weighted by atomic mass is 32.1. The third-order valence-electron chi connectivity index (χ3n) is 13.7. The van der Waals surface area contributed by atoms with Crippen molar-refractivity contribution in [3.05, 3.63) is 149 Å². The van der Waals surface area contributed by atoms with Gasteiger partial charge in [-0.1, -0.05) is 132 Å². The van der Waals surface area contributed by atoms with Gasteiger partial charge in [0, 0.05) is 43.2 Å². The van der Waals surface area contributed by atoms with E-state index in [0.29, 0.717) is 0 Å². The maximum Gasteiger partial charge on any atom is 0.257 e. The van der Waals surface area contributed by atoms with Gasteiger partial charge in [-0.05, 0) is 157 Å². The number of hydrogen-bond donors (Lipinski definition) is 0. The number of rotatable bonds is 3. The van der Waals surface area contributed by atoms with Crippen LogP contribution in [0.1, 0.15) is 116 Å². The predicted molar refractivity (Wildman–Crippen MR) is 275 cm³/mol. The van der Waals surface area contributed by atoms with Gasteiger partial charge in [0.05, 0.1) is 5.69 Å². The first kappa shape index (κ1) is 41.5. The Kier molecular flexibility index (Phi) is 9.21. The fourth-order valence-electron chi connectivity index (χ4n) is 10.1. The molecule has 0 unspecified atom stereocenters. The van der Waals surface area contributed by atoms with Gasteiger partial charge in [0.15, 0.2) is 0 Å². The van der Waals surface area contributed by atoms with Gasteiger partial charge in [-0.2, -0.15) is 0 Å². The van der Waals surface area contributed by atoms with Crippen molar-refractivity contribution in [3.8, 4) is 10.4 Å². The fraction of sp³-hybridized carbons (Fsp3) is 0.310. The topological polar surface area (TPSA) is 19.6 Å². The lowest BCUT2D eigenvalue weighted by atomic mass is 9.33. The summed E-state index contributed by atoms with van der Waals surface area (Å²) in [7, 11) is 0. The first-order valence-electron chi connectivity index (χ1n) is 22.8. The van der Waals surface area contributed by atoms with Crippen LogP contribution in [0.5, 0.6) is 0 Å². The SMILES string of the molecule is Cc1cc(-c2cc3ccccc3s2)cc(C)c1N1c2cc(C(C)(C)C)cc3c2B(c2cc(C(C)(C)C)ccc2N3c2ccc(C(C)(C)C)cc2)c2c1oc1ccc(C(C)(C)C)cc21. The van der Waals surface area contributed by atoms with Crippen LogP contribution in [0.15, 0.2) is 120 Å². The summed E-state index contributed by atoms with van der Waals surface area (Å²) >= 11 is 1.87. The molecule has 0 fully saturated rings. The van der Waals surface area contributed by atoms with Crippen molar-refractivity contribution in [1.29, 1.82) is 0 Å². The first-order valence-corrected chi connectivity index (χ1v) is 23.6. The van der Waals surface area contributed by atoms with Crippen LogP contribution < -0.4 is 26.2 Å². The van der Waals surface area contributed by atoms with Crippen LogP contribution in [-0.2, 0) is 21.7 Å². The molecule has 0 saturated heterocycles. The molecule has 0 N–H and O–H groups in total. The van der Waals surface area contributed by atoms with E-state index in [9.17, 15) is 0 Å². The maximum absolute atomic E-state index is 7.35. The van der Waals surface area contributed by atoms with E-state index < -0.39 is 0 Å². The van der Waals surface area contributed by atoms with E-state index >= 15 is 0 Å². The second-order valence-electron chi connectivity index (χ2n) is 22.5. The molecule has 318 valence electrons. The minimum absolute atomic E-state index is 0.0349. The average Bonchev–Trinajstić information content (AvgIpc) is 3.82. The van der Waals surface area contributed by atoms with Crippen LogP contribution in [0.25, 0.3) is 31.5 Å². The summed E-state index contributed by atoms with van der Waals surface area (Å²) in [6.45, 7) is 32.4. The van der Waals surface area contributed by atoms with Crippen LogP contribution in [-0.4, -0.2) is 6.71 Å². The summed E-state index contributed by atoms with van der Waals surface area (Å²) < 4.78 is 8.67. The molecule has 0 bridgehead atoms. The maximum atomic E-state index is 7.35. The van der Waals surface area contributed by atoms with Gasteiger partial charge in [0.2, 0.25) is 5.88 Å². The van der Waals surface area contributed by atoms with E-state index in [1.807, 2.05) is 11.3 Å². The largest absolute Gasteiger partial charge is 0.440 e. The van der Waals surface area contributed by atoms with E-state index in [1.54, 1.807) is 0 Å². The molecule has 4 heterocycles. The zero-order chi connectivity index (χ0) is 44.7. The van der Waals surface area contributed by atoms with Gasteiger partial charge in [-0.15, -0.1) is 11.3 Å². The Bertz CT molecular complexity index is 3080. The van der Waals surface area contributed by atoms with Crippen LogP contribution >= 0.6 is 11.3 Å². The highest BCUT2D eigenvalue weighted by molar-refractivity contribution is 7.22. The molecule has 2 aliphatic rings. The van der Waals surface area contributed by atoms with Crippen molar-refractivity contribution in [3.63, 3.8) is 0 Å². The van der Waals surface area contributed by atoms with Gasteiger partial charge in [-0.25, -0.2) is 0 Å². The molecule has 0 atom stereocenters. The number of hydrogen-bond acceptors (Lipinski definition) is 4. The molecule has 0 radical (unpaired) electrons. The van der Waals surface area contributed by atoms with E-state index in [1.165, 1.54) is 104 Å². The minimum atomic E-state index is -0.129. The number of furan rings is 1. The van der Waals surface area contributed by atoms with Gasteiger partial charge >= 0.3 is 0 Å². The smallest absolute Gasteiger partial charge is 0.257 e. The summed E-state index contributed by atoms with van der Waals surface area (Å²) in [4.78, 5) is 6.36. The second kappa shape index (κ2) is 14.0. The Labute approximate surface area is 379 Å². The standard InChI is InChI=1S/C58H61BN2OS/c1-34-27-37(50-29-36-17-15-16-18-49(36)63-50)28-35(2)53(34)61-47-33-41(58(12,13)14)32-46-52(47)59(51-43-30-39(56(6,7)8)22-26-48(43)62-54(51)61)44-31-40(57(9,10)11)21-25-45(44)60(46)42-23-19-38(20-24-42)55(3,4)5/h15-33H,1-14H3. The van der Waals surface area contributed by atoms with Crippen molar-refractivity contribution < 1.29 is 4.42 Å². The van der Waals surface area contributed by atoms with Crippen molar-refractivity contribution in [1.82, 2.24) is 0 Å². The Morgan fingerprint density at radius 2 is 1.08 bits per heavy atom. The third kappa shape index (κ3) is 6.76. The van der Waals surface area contributed by atoms with E-state index in [2.05, 4.69) is 222 Å². The van der Waals surface area contributed by atoms with Crippen LogP contribution in [0.4, 0.5) is 34.3 Å². The summed E-state index contributed by atoms with van der Waals surface area (Å²) in [5, 5.41) is 2.48. The molecule has 5 heteroatoms. The van der Waals surface area contributed by atoms with Crippen molar-refractivity contribution in [2.75, 3.05) is 9.80 Å². The first-order chi connectivity index (χ1) is 29.6. The molecular weight excluding hydrogens is 784 g/mol. The minimum Gasteiger partial charge on any atom is -0.440 e. The third-order valence-corrected chi connectivity index (χ3v) is 14.9. The molecule has 63 heavy (non-hydrogen) atoms. The highest BCUT2D eigenvalue weighted by Gasteiger charge is 2.48. The average molecular weight is 845 g/mol. The summed E-state index contributed by atoms with van der Waals surface area (Å²) in [5.41, 5.74) is 19.6. The molecular formula is C58H61BN2OS. The zero-order valence-electron chi connectivity index (χ0n) is 39.8. The zero-order valence-corrected chi connectivity index (χ0v) is 40.6. The summed E-state index contributed by atoms with van der Waals surface area (Å²) in [6, 6.07) is 44.4. The predicted octanol–water partition coefficient (Wildman–Crippen LogP) is 15.2. The lowest BCUT2D eigenvalue weighted by Gasteiger charge is -2.44. The Morgan fingerprint density at radius 3 is 1.70 bits per heavy atom. The van der Waals surface area contributed by atoms with Crippen LogP contribution in [0, 0.1) is 13.8 Å². The van der Waals surface area contributed by atoms with Crippen molar-refractivity contribution >= 4 is 89.8 Å². The molecule has 2 aromatic heterocycles. The fourth-order valence-corrected chi connectivity index (χ4v) is 11.1. The van der Waals surface area contributed by atoms with Gasteiger partial charge < -0.3 is 9.32 Å². The van der Waals surface area contributed by atoms with Crippen molar-refractivity contribution in [2.24, 2.45) is 0 Å². The van der Waals surface area contributed by atoms with Gasteiger partial charge in [0.25, 0.3) is 6.71 Å². The Hall–Kier alpha value is -5.52. The van der Waals surface area contributed by atoms with E-state index in [0.717, 1.165) is 11.5 Å². The molecule has 0 saturated carbocycles. The summed E-state index contributed by atoms with van der Waals surface area (Å²) in [6.07, 6.45) is 0. The van der Waals surface area contributed by atoms with Crippen LogP contribution in [0.2, 0.25) is 0 Å². The molecule has 8 aromatic rings. The lowest BCUT2D eigenvalue weighted by Crippen LogP contribution is -2.61. The Morgan fingerprint density at radius 1 is 0.508 bits per heavy atom. The molecule has 0 spiro atoms. The number of anilines is 6. The number of aryl methyl sites for hydroxylation is 2. The van der Waals surface area contributed by atoms with Gasteiger partial charge in [0.1, 0.15) is 5.58 Å². The molecule has 0 aliphatic carbocycles. The number of thiophene rings is 1. The molecule has 2 aliphatic heterocycles. The van der Waals surface area contributed by atoms with Crippen LogP contribution in [0.3, 0.4) is 0 Å². The molecule has 3 nitrogen and oxygen atoms in total. The number of nitrogens with zero attached hydrogens (tertiary/aromatic N) is 2. The lowest BCUT2D eigenvalue weighted by molar-refractivity contribution is 0.588.